The largest absolute Gasteiger partial charge is 2.00 e. The van der Waals surface area contributed by atoms with Crippen LogP contribution < -0.4 is 20.4 Å². The summed E-state index contributed by atoms with van der Waals surface area (Å²) in [5, 5.41) is 40.4. The molecule has 0 aliphatic heterocycles. The molecule has 0 rings (SSSR count). The van der Waals surface area contributed by atoms with Crippen molar-refractivity contribution in [1.29, 1.82) is 0 Å². The van der Waals surface area contributed by atoms with Crippen LogP contribution in [0.15, 0.2) is 0 Å². The van der Waals surface area contributed by atoms with E-state index in [1.165, 1.54) is 308 Å². The summed E-state index contributed by atoms with van der Waals surface area (Å²) in [7, 11) is 0. The summed E-state index contributed by atoms with van der Waals surface area (Å²) in [6.45, 7) is 18.1. The van der Waals surface area contributed by atoms with Gasteiger partial charge in [0.15, 0.2) is 0 Å². The Bertz CT molecular complexity index is 1090. The second-order valence-electron chi connectivity index (χ2n) is 26.4. The van der Waals surface area contributed by atoms with E-state index in [1.54, 1.807) is 43.4 Å². The summed E-state index contributed by atoms with van der Waals surface area (Å²) >= 11 is 0.147. The van der Waals surface area contributed by atoms with Crippen molar-refractivity contribution in [3.05, 3.63) is 0 Å². The summed E-state index contributed by atoms with van der Waals surface area (Å²) < 4.78 is 6.63. The molecule has 91 heavy (non-hydrogen) atoms. The van der Waals surface area contributed by atoms with Crippen LogP contribution in [0.3, 0.4) is 0 Å². The number of hydrogen-bond donors (Lipinski definition) is 0. The third-order valence-corrected chi connectivity index (χ3v) is 24.8. The van der Waals surface area contributed by atoms with Gasteiger partial charge in [-0.3, -0.25) is 0 Å². The molecule has 0 bridgehead atoms. The molecule has 0 saturated heterocycles. The average molecular weight is 1500 g/mol. The SMILES string of the molecule is CCCCCCCCCCCC(=O)[O-].CCCCCCCCCCCC(=O)[O-].CCCCCCCCCCCC(=O)[O-].CCCCCCCCCCCC(=O)[O-].CCCCCCC[CH2][Sn][CH2]CCCCCCC.CCCCCCC[CH2][Sn][CH2]CCCCCCC.[O-2]. The molecule has 0 spiro atoms. The molecular weight excluding hydrogens is 1340 g/mol. The smallest absolute Gasteiger partial charge is 2.00 e. The van der Waals surface area contributed by atoms with Crippen LogP contribution in [0.2, 0.25) is 17.7 Å². The zero-order valence-electron chi connectivity index (χ0n) is 62.8. The van der Waals surface area contributed by atoms with Crippen molar-refractivity contribution in [1.82, 2.24) is 0 Å². The minimum Gasteiger partial charge on any atom is -2.00 e. The minimum atomic E-state index is -0.909. The zero-order valence-corrected chi connectivity index (χ0v) is 68.5. The molecule has 0 unspecified atom stereocenters. The molecule has 4 radical (unpaired) electrons. The normalized spacial score (nSPS) is 10.5. The van der Waals surface area contributed by atoms with Crippen LogP contribution in [0.5, 0.6) is 0 Å². The first-order valence-corrected chi connectivity index (χ1v) is 48.2. The zero-order chi connectivity index (χ0) is 67.8. The van der Waals surface area contributed by atoms with E-state index >= 15 is 0 Å². The van der Waals surface area contributed by atoms with E-state index in [0.29, 0.717) is 0 Å². The van der Waals surface area contributed by atoms with E-state index in [1.807, 2.05) is 0 Å². The Balaban J connectivity index is -0.000000186. The molecule has 0 aliphatic rings. The van der Waals surface area contributed by atoms with Crippen LogP contribution in [-0.2, 0) is 24.7 Å². The standard InChI is InChI=1S/4C12H24O2.4C8H17.O.2Sn/c4*1-2-3-4-5-6-7-8-9-10-11-12(13)14;4*1-3-5-7-8-6-4-2;;;/h4*2-11H2,1H3,(H,13,14);4*1,3-8H2,2H3;;;/q;;;;;;;;-2;;/p-4. The van der Waals surface area contributed by atoms with Crippen LogP contribution in [-0.4, -0.2) is 66.2 Å². The molecule has 548 valence electrons. The third kappa shape index (κ3) is 134. The first-order chi connectivity index (χ1) is 43.9. The molecule has 0 atom stereocenters. The average Bonchev–Trinajstić information content (AvgIpc) is 3.52. The van der Waals surface area contributed by atoms with Gasteiger partial charge in [-0.25, -0.2) is 0 Å². The number of carboxylic acid groups (broad SMARTS) is 4. The van der Waals surface area contributed by atoms with E-state index < -0.39 is 23.9 Å². The molecule has 0 fully saturated rings. The molecule has 0 aromatic heterocycles. The van der Waals surface area contributed by atoms with Gasteiger partial charge in [-0.2, -0.15) is 0 Å². The molecule has 0 aromatic carbocycles. The van der Waals surface area contributed by atoms with E-state index in [2.05, 4.69) is 55.4 Å². The van der Waals surface area contributed by atoms with Crippen LogP contribution in [0, 0.1) is 0 Å². The Morgan fingerprint density at radius 3 is 0.385 bits per heavy atom. The Morgan fingerprint density at radius 1 is 0.176 bits per heavy atom. The van der Waals surface area contributed by atoms with Crippen molar-refractivity contribution in [2.24, 2.45) is 0 Å². The van der Waals surface area contributed by atoms with Gasteiger partial charge in [-0.1, -0.05) is 233 Å². The van der Waals surface area contributed by atoms with Gasteiger partial charge < -0.3 is 45.1 Å². The number of aliphatic carboxylic acids is 4. The van der Waals surface area contributed by atoms with E-state index in [-0.39, 0.29) is 73.4 Å². The number of carbonyl (C=O) groups is 4. The van der Waals surface area contributed by atoms with Gasteiger partial charge in [0.05, 0.1) is 0 Å². The van der Waals surface area contributed by atoms with Crippen molar-refractivity contribution < 1.29 is 45.1 Å². The fourth-order valence-corrected chi connectivity index (χ4v) is 17.8. The van der Waals surface area contributed by atoms with Crippen molar-refractivity contribution in [3.63, 3.8) is 0 Å². The summed E-state index contributed by atoms with van der Waals surface area (Å²) in [6.07, 6.45) is 80.3. The van der Waals surface area contributed by atoms with Gasteiger partial charge in [-0.15, -0.1) is 0 Å². The number of unbranched alkanes of at least 4 members (excludes halogenated alkanes) is 52. The molecule has 0 heterocycles. The van der Waals surface area contributed by atoms with Crippen molar-refractivity contribution >= 4 is 66.2 Å². The molecule has 11 heteroatoms. The first kappa shape index (κ1) is 104. The number of hydrogen-bond acceptors (Lipinski definition) is 8. The van der Waals surface area contributed by atoms with Crippen LogP contribution in [0.25, 0.3) is 0 Å². The molecule has 9 nitrogen and oxygen atoms in total. The fraction of sp³-hybridized carbons (Fsp3) is 0.950. The number of carboxylic acids is 4. The number of rotatable bonds is 68. The van der Waals surface area contributed by atoms with Gasteiger partial charge in [0, 0.05) is 23.9 Å². The van der Waals surface area contributed by atoms with Crippen LogP contribution >= 0.6 is 0 Å². The minimum absolute atomic E-state index is 0. The van der Waals surface area contributed by atoms with Crippen LogP contribution in [0.1, 0.15) is 466 Å². The van der Waals surface area contributed by atoms with Crippen molar-refractivity contribution in [2.45, 2.75) is 484 Å². The molecule has 0 N–H and O–H groups in total. The predicted molar refractivity (Wildman–Crippen MR) is 392 cm³/mol. The quantitative estimate of drug-likeness (QED) is 0.0424. The Hall–Kier alpha value is -0.563. The Morgan fingerprint density at radius 2 is 0.275 bits per heavy atom. The monoisotopic (exact) mass is 1510 g/mol. The van der Waals surface area contributed by atoms with E-state index in [9.17, 15) is 39.6 Å². The maximum atomic E-state index is 10.1. The van der Waals surface area contributed by atoms with Gasteiger partial charge in [0.25, 0.3) is 0 Å². The topological polar surface area (TPSA) is 189 Å². The molecule has 0 aliphatic carbocycles. The second kappa shape index (κ2) is 105. The first-order valence-electron chi connectivity index (χ1n) is 40.1. The summed E-state index contributed by atoms with van der Waals surface area (Å²) in [4.78, 5) is 40.4. The van der Waals surface area contributed by atoms with Crippen molar-refractivity contribution in [2.75, 3.05) is 0 Å². The fourth-order valence-electron chi connectivity index (χ4n) is 10.7. The predicted octanol–water partition coefficient (Wildman–Crippen LogP) is 23.0. The van der Waals surface area contributed by atoms with Gasteiger partial charge >= 0.3 is 242 Å². The maximum Gasteiger partial charge on any atom is -2.00 e. The van der Waals surface area contributed by atoms with Crippen molar-refractivity contribution in [3.8, 4) is 0 Å². The molecule has 0 aromatic rings. The van der Waals surface area contributed by atoms with E-state index in [4.69, 9.17) is 0 Å². The third-order valence-electron chi connectivity index (χ3n) is 16.8. The van der Waals surface area contributed by atoms with Gasteiger partial charge in [-0.05, 0) is 51.4 Å². The van der Waals surface area contributed by atoms with Crippen LogP contribution in [0.4, 0.5) is 0 Å². The summed E-state index contributed by atoms with van der Waals surface area (Å²) in [5.74, 6) is -3.64. The summed E-state index contributed by atoms with van der Waals surface area (Å²) in [5.41, 5.74) is 0. The summed E-state index contributed by atoms with van der Waals surface area (Å²) in [6, 6.07) is 0. The van der Waals surface area contributed by atoms with Gasteiger partial charge in [0.2, 0.25) is 0 Å². The van der Waals surface area contributed by atoms with Gasteiger partial charge in [0.1, 0.15) is 0 Å². The number of carbonyl (C=O) groups excluding carboxylic acids is 4. The second-order valence-corrected chi connectivity index (χ2v) is 34.9. The maximum absolute atomic E-state index is 10.1. The molecule has 0 amide bonds. The molecular formula is C80H160O9Sn2-6. The Labute approximate surface area is 591 Å². The molecule has 0 saturated carbocycles. The Kier molecular flexibility index (Phi) is 120. The van der Waals surface area contributed by atoms with E-state index in [0.717, 1.165) is 51.4 Å².